The van der Waals surface area contributed by atoms with Crippen LogP contribution in [0.1, 0.15) is 32.1 Å². The molecule has 1 rings (SSSR count). The second-order valence-corrected chi connectivity index (χ2v) is 4.04. The van der Waals surface area contributed by atoms with Crippen molar-refractivity contribution in [1.82, 2.24) is 0 Å². The molecule has 0 saturated heterocycles. The molecule has 1 aliphatic rings. The molecule has 0 aromatic carbocycles. The molecule has 4 heteroatoms. The van der Waals surface area contributed by atoms with E-state index in [1.165, 1.54) is 7.11 Å². The first-order chi connectivity index (χ1) is 6.63. The van der Waals surface area contributed by atoms with Crippen LogP contribution in [0.2, 0.25) is 0 Å². The molecule has 0 aliphatic heterocycles. The number of carbonyl (C=O) groups excluding carboxylic acids is 1. The van der Waals surface area contributed by atoms with Gasteiger partial charge in [-0.25, -0.2) is 0 Å². The lowest BCUT2D eigenvalue weighted by molar-refractivity contribution is -0.142. The van der Waals surface area contributed by atoms with Crippen LogP contribution in [0.3, 0.4) is 0 Å². The number of nitrogens with two attached hydrogens (primary N) is 1. The van der Waals surface area contributed by atoms with E-state index in [9.17, 15) is 9.90 Å². The van der Waals surface area contributed by atoms with E-state index >= 15 is 0 Å². The third kappa shape index (κ3) is 3.27. The SMILES string of the molecule is COC(=O)[C@@H](N)CC1CCC(O)CC1. The van der Waals surface area contributed by atoms with Gasteiger partial charge in [-0.15, -0.1) is 0 Å². The van der Waals surface area contributed by atoms with E-state index in [1.54, 1.807) is 0 Å². The largest absolute Gasteiger partial charge is 0.468 e. The molecular weight excluding hydrogens is 182 g/mol. The summed E-state index contributed by atoms with van der Waals surface area (Å²) in [5.74, 6) is 0.128. The summed E-state index contributed by atoms with van der Waals surface area (Å²) in [5, 5.41) is 9.29. The molecule has 0 unspecified atom stereocenters. The molecule has 0 heterocycles. The van der Waals surface area contributed by atoms with E-state index in [2.05, 4.69) is 4.74 Å². The molecule has 0 aromatic rings. The standard InChI is InChI=1S/C10H19NO3/c1-14-10(13)9(11)6-7-2-4-8(12)5-3-7/h7-9,12H,2-6,11H2,1H3/t7?,8?,9-/m0/s1. The van der Waals surface area contributed by atoms with Crippen molar-refractivity contribution in [2.75, 3.05) is 7.11 Å². The van der Waals surface area contributed by atoms with Crippen molar-refractivity contribution < 1.29 is 14.6 Å². The van der Waals surface area contributed by atoms with Crippen molar-refractivity contribution in [2.24, 2.45) is 11.7 Å². The fraction of sp³-hybridized carbons (Fsp3) is 0.900. The third-order valence-electron chi connectivity index (χ3n) is 2.91. The van der Waals surface area contributed by atoms with E-state index < -0.39 is 6.04 Å². The Morgan fingerprint density at radius 1 is 1.50 bits per heavy atom. The number of carbonyl (C=O) groups is 1. The fourth-order valence-electron chi connectivity index (χ4n) is 1.99. The minimum absolute atomic E-state index is 0.152. The molecular formula is C10H19NO3. The lowest BCUT2D eigenvalue weighted by Gasteiger charge is -2.26. The van der Waals surface area contributed by atoms with Gasteiger partial charge in [-0.2, -0.15) is 0 Å². The molecule has 0 spiro atoms. The first kappa shape index (κ1) is 11.5. The van der Waals surface area contributed by atoms with Gasteiger partial charge in [0, 0.05) is 0 Å². The Labute approximate surface area is 84.4 Å². The average molecular weight is 201 g/mol. The van der Waals surface area contributed by atoms with Crippen LogP contribution in [0.25, 0.3) is 0 Å². The van der Waals surface area contributed by atoms with Crippen LogP contribution in [0.4, 0.5) is 0 Å². The molecule has 4 nitrogen and oxygen atoms in total. The Morgan fingerprint density at radius 2 is 2.07 bits per heavy atom. The van der Waals surface area contributed by atoms with Gasteiger partial charge in [-0.3, -0.25) is 4.79 Å². The van der Waals surface area contributed by atoms with Gasteiger partial charge in [0.25, 0.3) is 0 Å². The van der Waals surface area contributed by atoms with Crippen LogP contribution in [-0.2, 0) is 9.53 Å². The smallest absolute Gasteiger partial charge is 0.322 e. The zero-order valence-electron chi connectivity index (χ0n) is 8.61. The predicted octanol–water partition coefficient (Wildman–Crippen LogP) is 0.428. The van der Waals surface area contributed by atoms with Gasteiger partial charge in [0.05, 0.1) is 13.2 Å². The monoisotopic (exact) mass is 201 g/mol. The first-order valence-corrected chi connectivity index (χ1v) is 5.15. The Balaban J connectivity index is 2.27. The fourth-order valence-corrected chi connectivity index (χ4v) is 1.99. The first-order valence-electron chi connectivity index (χ1n) is 5.15. The van der Waals surface area contributed by atoms with E-state index in [4.69, 9.17) is 5.73 Å². The van der Waals surface area contributed by atoms with Crippen molar-refractivity contribution >= 4 is 5.97 Å². The quantitative estimate of drug-likeness (QED) is 0.649. The molecule has 1 aliphatic carbocycles. The van der Waals surface area contributed by atoms with Crippen LogP contribution in [0.5, 0.6) is 0 Å². The number of aliphatic hydroxyl groups excluding tert-OH is 1. The second kappa shape index (κ2) is 5.32. The Hall–Kier alpha value is -0.610. The van der Waals surface area contributed by atoms with Gasteiger partial charge in [0.15, 0.2) is 0 Å². The number of hydrogen-bond acceptors (Lipinski definition) is 4. The molecule has 1 saturated carbocycles. The van der Waals surface area contributed by atoms with Crippen molar-refractivity contribution in [3.8, 4) is 0 Å². The Bertz CT molecular complexity index is 188. The summed E-state index contributed by atoms with van der Waals surface area (Å²) in [4.78, 5) is 11.1. The molecule has 0 aromatic heterocycles. The molecule has 1 atom stereocenters. The highest BCUT2D eigenvalue weighted by atomic mass is 16.5. The zero-order valence-corrected chi connectivity index (χ0v) is 8.61. The van der Waals surface area contributed by atoms with Crippen LogP contribution in [-0.4, -0.2) is 30.3 Å². The molecule has 14 heavy (non-hydrogen) atoms. The third-order valence-corrected chi connectivity index (χ3v) is 2.91. The average Bonchev–Trinajstić information content (AvgIpc) is 2.20. The van der Waals surface area contributed by atoms with E-state index in [1.807, 2.05) is 0 Å². The number of hydrogen-bond donors (Lipinski definition) is 2. The number of esters is 1. The lowest BCUT2D eigenvalue weighted by atomic mass is 9.83. The number of aliphatic hydroxyl groups is 1. The molecule has 0 radical (unpaired) electrons. The maximum absolute atomic E-state index is 11.1. The van der Waals surface area contributed by atoms with Crippen molar-refractivity contribution in [3.05, 3.63) is 0 Å². The second-order valence-electron chi connectivity index (χ2n) is 4.04. The summed E-state index contributed by atoms with van der Waals surface area (Å²) >= 11 is 0. The molecule has 0 bridgehead atoms. The van der Waals surface area contributed by atoms with E-state index in [0.29, 0.717) is 12.3 Å². The van der Waals surface area contributed by atoms with Crippen LogP contribution in [0, 0.1) is 5.92 Å². The lowest BCUT2D eigenvalue weighted by Crippen LogP contribution is -2.34. The van der Waals surface area contributed by atoms with E-state index in [0.717, 1.165) is 25.7 Å². The highest BCUT2D eigenvalue weighted by Crippen LogP contribution is 2.27. The van der Waals surface area contributed by atoms with Gasteiger partial charge >= 0.3 is 5.97 Å². The van der Waals surface area contributed by atoms with Gasteiger partial charge in [-0.1, -0.05) is 0 Å². The van der Waals surface area contributed by atoms with Crippen LogP contribution >= 0.6 is 0 Å². The zero-order chi connectivity index (χ0) is 10.6. The normalized spacial score (nSPS) is 29.6. The van der Waals surface area contributed by atoms with Gasteiger partial charge in [0.1, 0.15) is 6.04 Å². The molecule has 82 valence electrons. The highest BCUT2D eigenvalue weighted by Gasteiger charge is 2.24. The molecule has 0 amide bonds. The summed E-state index contributed by atoms with van der Waals surface area (Å²) in [7, 11) is 1.35. The summed E-state index contributed by atoms with van der Waals surface area (Å²) in [6.07, 6.45) is 4.12. The topological polar surface area (TPSA) is 72.5 Å². The maximum Gasteiger partial charge on any atom is 0.322 e. The van der Waals surface area contributed by atoms with E-state index in [-0.39, 0.29) is 12.1 Å². The predicted molar refractivity (Wildman–Crippen MR) is 52.6 cm³/mol. The number of rotatable bonds is 3. The summed E-state index contributed by atoms with van der Waals surface area (Å²) < 4.78 is 4.56. The van der Waals surface area contributed by atoms with Crippen molar-refractivity contribution in [3.63, 3.8) is 0 Å². The Kier molecular flexibility index (Phi) is 4.35. The highest BCUT2D eigenvalue weighted by molar-refractivity contribution is 5.75. The van der Waals surface area contributed by atoms with Gasteiger partial charge in [0.2, 0.25) is 0 Å². The van der Waals surface area contributed by atoms with Crippen LogP contribution < -0.4 is 5.73 Å². The minimum Gasteiger partial charge on any atom is -0.468 e. The minimum atomic E-state index is -0.500. The molecule has 3 N–H and O–H groups in total. The Morgan fingerprint density at radius 3 is 2.57 bits per heavy atom. The number of ether oxygens (including phenoxy) is 1. The van der Waals surface area contributed by atoms with Crippen LogP contribution in [0.15, 0.2) is 0 Å². The van der Waals surface area contributed by atoms with Gasteiger partial charge < -0.3 is 15.6 Å². The van der Waals surface area contributed by atoms with Gasteiger partial charge in [-0.05, 0) is 38.0 Å². The van der Waals surface area contributed by atoms with Crippen molar-refractivity contribution in [1.29, 1.82) is 0 Å². The molecule has 1 fully saturated rings. The summed E-state index contributed by atoms with van der Waals surface area (Å²) in [5.41, 5.74) is 5.66. The maximum atomic E-state index is 11.1. The summed E-state index contributed by atoms with van der Waals surface area (Å²) in [6.45, 7) is 0. The van der Waals surface area contributed by atoms with Crippen molar-refractivity contribution in [2.45, 2.75) is 44.2 Å². The number of methoxy groups -OCH3 is 1. The summed E-state index contributed by atoms with van der Waals surface area (Å²) in [6, 6.07) is -0.500.